The minimum Gasteiger partial charge on any atom is -0.492 e. The maximum atomic E-state index is 5.85. The maximum absolute atomic E-state index is 5.85. The summed E-state index contributed by atoms with van der Waals surface area (Å²) in [5, 5.41) is 0. The molecule has 20 heavy (non-hydrogen) atoms. The first-order valence-electron chi connectivity index (χ1n) is 7.19. The van der Waals surface area contributed by atoms with Crippen LogP contribution in [0.15, 0.2) is 18.2 Å². The molecule has 1 aliphatic heterocycles. The summed E-state index contributed by atoms with van der Waals surface area (Å²) in [7, 11) is 0. The summed E-state index contributed by atoms with van der Waals surface area (Å²) < 4.78 is 11.5. The maximum Gasteiger partial charge on any atom is 0.134 e. The molecule has 2 rings (SSSR count). The molecule has 0 radical (unpaired) electrons. The first kappa shape index (κ1) is 15.2. The molecule has 1 fully saturated rings. The second-order valence-electron chi connectivity index (χ2n) is 5.06. The van der Waals surface area contributed by atoms with E-state index in [9.17, 15) is 0 Å². The average molecular weight is 293 g/mol. The Morgan fingerprint density at radius 3 is 3.10 bits per heavy atom. The van der Waals surface area contributed by atoms with Gasteiger partial charge in [-0.05, 0) is 50.3 Å². The van der Waals surface area contributed by atoms with Gasteiger partial charge in [-0.2, -0.15) is 0 Å². The van der Waals surface area contributed by atoms with E-state index in [0.717, 1.165) is 30.8 Å². The van der Waals surface area contributed by atoms with Crippen LogP contribution in [0.4, 0.5) is 0 Å². The van der Waals surface area contributed by atoms with Crippen molar-refractivity contribution in [1.29, 1.82) is 0 Å². The van der Waals surface area contributed by atoms with Crippen molar-refractivity contribution in [3.8, 4) is 17.6 Å². The fourth-order valence-electron chi connectivity index (χ4n) is 2.36. The van der Waals surface area contributed by atoms with Crippen molar-refractivity contribution in [3.63, 3.8) is 0 Å². The minimum absolute atomic E-state index is 0.340. The van der Waals surface area contributed by atoms with Gasteiger partial charge in [-0.15, -0.1) is 11.6 Å². The van der Waals surface area contributed by atoms with Crippen molar-refractivity contribution >= 4 is 11.6 Å². The van der Waals surface area contributed by atoms with Gasteiger partial charge in [0.2, 0.25) is 0 Å². The Hall–Kier alpha value is -1.17. The van der Waals surface area contributed by atoms with Gasteiger partial charge in [0, 0.05) is 6.61 Å². The van der Waals surface area contributed by atoms with Gasteiger partial charge in [-0.3, -0.25) is 0 Å². The van der Waals surface area contributed by atoms with E-state index in [0.29, 0.717) is 18.6 Å². The molecule has 1 saturated heterocycles. The summed E-state index contributed by atoms with van der Waals surface area (Å²) in [5.74, 6) is 7.12. The Morgan fingerprint density at radius 2 is 2.35 bits per heavy atom. The van der Waals surface area contributed by atoms with Gasteiger partial charge < -0.3 is 9.47 Å². The quantitative estimate of drug-likeness (QED) is 0.465. The van der Waals surface area contributed by atoms with Crippen LogP contribution in [0.2, 0.25) is 0 Å². The molecular formula is C17H21ClO2. The molecule has 1 atom stereocenters. The van der Waals surface area contributed by atoms with Gasteiger partial charge in [0.15, 0.2) is 0 Å². The number of halogens is 1. The third kappa shape index (κ3) is 4.74. The van der Waals surface area contributed by atoms with Crippen LogP contribution in [-0.2, 0) is 4.74 Å². The normalized spacial score (nSPS) is 17.6. The second kappa shape index (κ2) is 8.19. The van der Waals surface area contributed by atoms with Crippen LogP contribution in [0.5, 0.6) is 5.75 Å². The van der Waals surface area contributed by atoms with Crippen molar-refractivity contribution in [2.45, 2.75) is 38.7 Å². The number of benzene rings is 1. The molecular weight excluding hydrogens is 272 g/mol. The average Bonchev–Trinajstić information content (AvgIpc) is 2.96. The highest BCUT2D eigenvalue weighted by molar-refractivity contribution is 6.19. The molecule has 0 aliphatic carbocycles. The standard InChI is InChI=1S/C17H21ClO2/c1-14-8-9-17(15(13-14)5-2-10-18)20-12-4-7-16-6-3-11-19-16/h8-9,13,16H,3-4,6-7,10-12H2,1H3. The molecule has 108 valence electrons. The Labute approximate surface area is 126 Å². The highest BCUT2D eigenvalue weighted by Crippen LogP contribution is 2.21. The molecule has 3 heteroatoms. The molecule has 0 spiro atoms. The molecule has 1 unspecified atom stereocenters. The van der Waals surface area contributed by atoms with E-state index in [4.69, 9.17) is 21.1 Å². The topological polar surface area (TPSA) is 18.5 Å². The van der Waals surface area contributed by atoms with Crippen LogP contribution < -0.4 is 4.74 Å². The molecule has 0 N–H and O–H groups in total. The zero-order valence-electron chi connectivity index (χ0n) is 12.0. The SMILES string of the molecule is Cc1ccc(OCCCC2CCCO2)c(C#CCCl)c1. The highest BCUT2D eigenvalue weighted by Gasteiger charge is 2.14. The summed E-state index contributed by atoms with van der Waals surface area (Å²) >= 11 is 5.61. The fourth-order valence-corrected chi connectivity index (χ4v) is 2.43. The van der Waals surface area contributed by atoms with E-state index in [-0.39, 0.29) is 0 Å². The number of alkyl halides is 1. The van der Waals surface area contributed by atoms with Crippen LogP contribution in [0.1, 0.15) is 36.8 Å². The van der Waals surface area contributed by atoms with E-state index in [1.54, 1.807) is 0 Å². The molecule has 0 amide bonds. The van der Waals surface area contributed by atoms with E-state index >= 15 is 0 Å². The first-order valence-corrected chi connectivity index (χ1v) is 7.73. The third-order valence-corrected chi connectivity index (χ3v) is 3.51. The first-order chi connectivity index (χ1) is 9.79. The summed E-state index contributed by atoms with van der Waals surface area (Å²) in [6, 6.07) is 6.07. The lowest BCUT2D eigenvalue weighted by Crippen LogP contribution is -2.08. The van der Waals surface area contributed by atoms with Gasteiger partial charge in [0.05, 0.1) is 24.2 Å². The van der Waals surface area contributed by atoms with Crippen LogP contribution in [-0.4, -0.2) is 25.2 Å². The van der Waals surface area contributed by atoms with Crippen LogP contribution in [0.3, 0.4) is 0 Å². The van der Waals surface area contributed by atoms with Gasteiger partial charge in [0.1, 0.15) is 5.75 Å². The predicted octanol–water partition coefficient (Wildman–Crippen LogP) is 3.92. The van der Waals surface area contributed by atoms with Gasteiger partial charge in [0.25, 0.3) is 0 Å². The van der Waals surface area contributed by atoms with Crippen molar-refractivity contribution < 1.29 is 9.47 Å². The molecule has 1 aromatic rings. The van der Waals surface area contributed by atoms with Crippen LogP contribution >= 0.6 is 11.6 Å². The summed E-state index contributed by atoms with van der Waals surface area (Å²) in [6.45, 7) is 3.67. The zero-order valence-corrected chi connectivity index (χ0v) is 12.7. The lowest BCUT2D eigenvalue weighted by Gasteiger charge is -2.11. The van der Waals surface area contributed by atoms with Crippen LogP contribution in [0, 0.1) is 18.8 Å². The Kier molecular flexibility index (Phi) is 6.24. The molecule has 1 aromatic carbocycles. The van der Waals surface area contributed by atoms with Gasteiger partial charge in [-0.25, -0.2) is 0 Å². The molecule has 0 aromatic heterocycles. The number of aryl methyl sites for hydroxylation is 1. The molecule has 2 nitrogen and oxygen atoms in total. The van der Waals surface area contributed by atoms with E-state index in [2.05, 4.69) is 11.8 Å². The molecule has 0 saturated carbocycles. The van der Waals surface area contributed by atoms with E-state index in [1.807, 2.05) is 25.1 Å². The molecule has 1 aliphatic rings. The van der Waals surface area contributed by atoms with Crippen molar-refractivity contribution in [2.75, 3.05) is 19.1 Å². The molecule has 1 heterocycles. The predicted molar refractivity (Wildman–Crippen MR) is 82.5 cm³/mol. The monoisotopic (exact) mass is 292 g/mol. The summed E-state index contributed by atoms with van der Waals surface area (Å²) in [5.41, 5.74) is 2.10. The third-order valence-electron chi connectivity index (χ3n) is 3.38. The minimum atomic E-state index is 0.340. The second-order valence-corrected chi connectivity index (χ2v) is 5.33. The van der Waals surface area contributed by atoms with E-state index < -0.39 is 0 Å². The van der Waals surface area contributed by atoms with Crippen LogP contribution in [0.25, 0.3) is 0 Å². The van der Waals surface area contributed by atoms with Gasteiger partial charge >= 0.3 is 0 Å². The largest absolute Gasteiger partial charge is 0.492 e. The number of ether oxygens (including phenoxy) is 2. The fraction of sp³-hybridized carbons (Fsp3) is 0.529. The Morgan fingerprint density at radius 1 is 1.45 bits per heavy atom. The van der Waals surface area contributed by atoms with Gasteiger partial charge in [-0.1, -0.05) is 17.9 Å². The van der Waals surface area contributed by atoms with E-state index in [1.165, 1.54) is 18.4 Å². The van der Waals surface area contributed by atoms with Crippen molar-refractivity contribution in [3.05, 3.63) is 29.3 Å². The Bertz CT molecular complexity index is 481. The number of rotatable bonds is 5. The zero-order chi connectivity index (χ0) is 14.2. The van der Waals surface area contributed by atoms with Crippen molar-refractivity contribution in [1.82, 2.24) is 0 Å². The smallest absolute Gasteiger partial charge is 0.134 e. The number of hydrogen-bond acceptors (Lipinski definition) is 2. The molecule has 0 bridgehead atoms. The highest BCUT2D eigenvalue weighted by atomic mass is 35.5. The van der Waals surface area contributed by atoms with Crippen molar-refractivity contribution in [2.24, 2.45) is 0 Å². The number of hydrogen-bond donors (Lipinski definition) is 0. The Balaban J connectivity index is 1.84. The summed E-state index contributed by atoms with van der Waals surface area (Å²) in [4.78, 5) is 0. The lowest BCUT2D eigenvalue weighted by molar-refractivity contribution is 0.0981. The lowest BCUT2D eigenvalue weighted by atomic mass is 10.1. The summed E-state index contributed by atoms with van der Waals surface area (Å²) in [6.07, 6.45) is 4.92.